The van der Waals surface area contributed by atoms with Crippen molar-refractivity contribution in [3.63, 3.8) is 0 Å². The van der Waals surface area contributed by atoms with Crippen molar-refractivity contribution in [1.82, 2.24) is 14.8 Å². The fraction of sp³-hybridized carbons (Fsp3) is 0.364. The lowest BCUT2D eigenvalue weighted by atomic mass is 10.0. The number of nitrogens with zero attached hydrogens (tertiary/aromatic N) is 3. The molecule has 0 bridgehead atoms. The van der Waals surface area contributed by atoms with Crippen molar-refractivity contribution in [3.8, 4) is 0 Å². The lowest BCUT2D eigenvalue weighted by Gasteiger charge is -2.11. The van der Waals surface area contributed by atoms with E-state index in [0.717, 1.165) is 10.8 Å². The van der Waals surface area contributed by atoms with Gasteiger partial charge in [-0.15, -0.1) is 0 Å². The van der Waals surface area contributed by atoms with Crippen LogP contribution in [0, 0.1) is 6.92 Å². The highest BCUT2D eigenvalue weighted by molar-refractivity contribution is 7.09. The molecule has 2 rings (SSSR count). The fourth-order valence-electron chi connectivity index (χ4n) is 1.43. The van der Waals surface area contributed by atoms with Crippen molar-refractivity contribution in [2.45, 2.75) is 26.7 Å². The van der Waals surface area contributed by atoms with Crippen LogP contribution in [-0.4, -0.2) is 14.8 Å². The molecule has 0 radical (unpaired) electrons. The van der Waals surface area contributed by atoms with Gasteiger partial charge in [0.1, 0.15) is 0 Å². The van der Waals surface area contributed by atoms with Crippen LogP contribution in [0.25, 0.3) is 0 Å². The monoisotopic (exact) mass is 234 g/mol. The molecule has 84 valence electrons. The summed E-state index contributed by atoms with van der Waals surface area (Å²) >= 11 is 1.26. The summed E-state index contributed by atoms with van der Waals surface area (Å²) in [5.41, 5.74) is 3.58. The third-order valence-corrected chi connectivity index (χ3v) is 2.98. The molecule has 0 atom stereocenters. The van der Waals surface area contributed by atoms with Crippen LogP contribution in [0.3, 0.4) is 0 Å². The zero-order valence-electron chi connectivity index (χ0n) is 9.56. The molecular weight excluding hydrogens is 220 g/mol. The second kappa shape index (κ2) is 4.57. The van der Waals surface area contributed by atoms with E-state index in [-0.39, 0.29) is 0 Å². The highest BCUT2D eigenvalue weighted by Crippen LogP contribution is 2.25. The van der Waals surface area contributed by atoms with Crippen LogP contribution in [-0.2, 0) is 0 Å². The van der Waals surface area contributed by atoms with Crippen molar-refractivity contribution in [2.75, 3.05) is 5.32 Å². The Kier molecular flexibility index (Phi) is 3.14. The van der Waals surface area contributed by atoms with E-state index in [2.05, 4.69) is 59.1 Å². The first-order chi connectivity index (χ1) is 7.66. The topological polar surface area (TPSA) is 50.7 Å². The second-order valence-corrected chi connectivity index (χ2v) is 4.75. The van der Waals surface area contributed by atoms with Gasteiger partial charge < -0.3 is 5.32 Å². The molecule has 0 amide bonds. The van der Waals surface area contributed by atoms with Crippen molar-refractivity contribution in [3.05, 3.63) is 29.3 Å². The number of anilines is 2. The van der Waals surface area contributed by atoms with E-state index < -0.39 is 0 Å². The predicted molar refractivity (Wildman–Crippen MR) is 66.3 cm³/mol. The van der Waals surface area contributed by atoms with Gasteiger partial charge in [0.2, 0.25) is 5.13 Å². The highest BCUT2D eigenvalue weighted by atomic mass is 32.1. The van der Waals surface area contributed by atoms with Gasteiger partial charge in [-0.2, -0.15) is 0 Å². The predicted octanol–water partition coefficient (Wildman–Crippen LogP) is 3.11. The number of hydrogen-bond donors (Lipinski definition) is 1. The number of rotatable bonds is 3. The van der Waals surface area contributed by atoms with E-state index in [1.807, 2.05) is 0 Å². The molecule has 0 saturated heterocycles. The van der Waals surface area contributed by atoms with Gasteiger partial charge in [-0.3, -0.25) is 0 Å². The van der Waals surface area contributed by atoms with Crippen LogP contribution in [0.4, 0.5) is 10.8 Å². The fourth-order valence-corrected chi connectivity index (χ4v) is 1.81. The SMILES string of the molecule is Cc1ccc(C(C)C)cc1Nc1nnns1. The van der Waals surface area contributed by atoms with Crippen LogP contribution in [0.2, 0.25) is 0 Å². The van der Waals surface area contributed by atoms with E-state index >= 15 is 0 Å². The highest BCUT2D eigenvalue weighted by Gasteiger charge is 2.05. The van der Waals surface area contributed by atoms with Gasteiger partial charge in [-0.25, -0.2) is 0 Å². The third-order valence-electron chi connectivity index (χ3n) is 2.47. The summed E-state index contributed by atoms with van der Waals surface area (Å²) < 4.78 is 3.72. The first-order valence-corrected chi connectivity index (χ1v) is 5.97. The van der Waals surface area contributed by atoms with Crippen molar-refractivity contribution in [1.29, 1.82) is 0 Å². The molecule has 1 N–H and O–H groups in total. The Hall–Kier alpha value is -1.49. The lowest BCUT2D eigenvalue weighted by molar-refractivity contribution is 0.866. The average molecular weight is 234 g/mol. The minimum Gasteiger partial charge on any atom is -0.329 e. The Morgan fingerprint density at radius 1 is 1.31 bits per heavy atom. The Balaban J connectivity index is 2.29. The molecule has 0 aliphatic heterocycles. The van der Waals surface area contributed by atoms with Crippen molar-refractivity contribution < 1.29 is 0 Å². The summed E-state index contributed by atoms with van der Waals surface area (Å²) in [5.74, 6) is 0.522. The molecule has 0 spiro atoms. The Labute approximate surface area is 98.9 Å². The molecule has 0 unspecified atom stereocenters. The van der Waals surface area contributed by atoms with Gasteiger partial charge >= 0.3 is 0 Å². The maximum Gasteiger partial charge on any atom is 0.229 e. The summed E-state index contributed by atoms with van der Waals surface area (Å²) in [6, 6.07) is 6.43. The Morgan fingerprint density at radius 2 is 2.12 bits per heavy atom. The Bertz CT molecular complexity index is 465. The smallest absolute Gasteiger partial charge is 0.229 e. The number of nitrogens with one attached hydrogen (secondary N) is 1. The summed E-state index contributed by atoms with van der Waals surface area (Å²) in [6.07, 6.45) is 0. The van der Waals surface area contributed by atoms with Gasteiger partial charge in [-0.05, 0) is 35.2 Å². The molecule has 0 fully saturated rings. The molecule has 16 heavy (non-hydrogen) atoms. The quantitative estimate of drug-likeness (QED) is 0.886. The molecule has 0 aliphatic rings. The minimum atomic E-state index is 0.522. The van der Waals surface area contributed by atoms with Crippen LogP contribution >= 0.6 is 11.5 Å². The molecular formula is C11H14N4S. The summed E-state index contributed by atoms with van der Waals surface area (Å²) in [7, 11) is 0. The van der Waals surface area contributed by atoms with Crippen LogP contribution in [0.15, 0.2) is 18.2 Å². The third kappa shape index (κ3) is 2.36. The summed E-state index contributed by atoms with van der Waals surface area (Å²) in [5, 5.41) is 11.4. The van der Waals surface area contributed by atoms with Gasteiger partial charge in [-0.1, -0.05) is 35.6 Å². The van der Waals surface area contributed by atoms with Crippen molar-refractivity contribution >= 4 is 22.4 Å². The Morgan fingerprint density at radius 3 is 2.75 bits per heavy atom. The summed E-state index contributed by atoms with van der Waals surface area (Å²) in [6.45, 7) is 6.43. The number of hydrogen-bond acceptors (Lipinski definition) is 5. The number of benzene rings is 1. The minimum absolute atomic E-state index is 0.522. The molecule has 0 aliphatic carbocycles. The molecule has 4 nitrogen and oxygen atoms in total. The summed E-state index contributed by atoms with van der Waals surface area (Å²) in [4.78, 5) is 0. The molecule has 5 heteroatoms. The van der Waals surface area contributed by atoms with E-state index in [9.17, 15) is 0 Å². The van der Waals surface area contributed by atoms with E-state index in [4.69, 9.17) is 0 Å². The molecule has 2 aromatic rings. The molecule has 1 aromatic carbocycles. The lowest BCUT2D eigenvalue weighted by Crippen LogP contribution is -1.95. The van der Waals surface area contributed by atoms with Gasteiger partial charge in [0.15, 0.2) is 0 Å². The van der Waals surface area contributed by atoms with Crippen molar-refractivity contribution in [2.24, 2.45) is 0 Å². The average Bonchev–Trinajstić information content (AvgIpc) is 2.73. The second-order valence-electron chi connectivity index (χ2n) is 4.02. The standard InChI is InChI=1S/C11H14N4S/c1-7(2)9-5-4-8(3)10(6-9)12-11-13-14-15-16-11/h4-7H,1-3H3,(H,12,13,15). The van der Waals surface area contributed by atoms with E-state index in [1.165, 1.54) is 22.7 Å². The first kappa shape index (κ1) is 11.0. The van der Waals surface area contributed by atoms with Crippen LogP contribution < -0.4 is 5.32 Å². The largest absolute Gasteiger partial charge is 0.329 e. The van der Waals surface area contributed by atoms with Crippen LogP contribution in [0.5, 0.6) is 0 Å². The first-order valence-electron chi connectivity index (χ1n) is 5.19. The number of aromatic nitrogens is 3. The van der Waals surface area contributed by atoms with E-state index in [0.29, 0.717) is 5.92 Å². The van der Waals surface area contributed by atoms with E-state index in [1.54, 1.807) is 0 Å². The maximum atomic E-state index is 3.87. The van der Waals surface area contributed by atoms with Gasteiger partial charge in [0, 0.05) is 17.2 Å². The van der Waals surface area contributed by atoms with Crippen LogP contribution in [0.1, 0.15) is 30.9 Å². The zero-order chi connectivity index (χ0) is 11.5. The normalized spacial score (nSPS) is 10.8. The van der Waals surface area contributed by atoms with Gasteiger partial charge in [0.25, 0.3) is 0 Å². The zero-order valence-corrected chi connectivity index (χ0v) is 10.4. The molecule has 0 saturated carbocycles. The van der Waals surface area contributed by atoms with Gasteiger partial charge in [0.05, 0.1) is 0 Å². The number of aryl methyl sites for hydroxylation is 1. The molecule has 1 heterocycles. The maximum absolute atomic E-state index is 3.87. The molecule has 1 aromatic heterocycles.